The smallest absolute Gasteiger partial charge is 0.312 e. The fourth-order valence-corrected chi connectivity index (χ4v) is 7.14. The lowest BCUT2D eigenvalue weighted by molar-refractivity contribution is -0.160. The van der Waals surface area contributed by atoms with Gasteiger partial charge in [-0.2, -0.15) is 0 Å². The van der Waals surface area contributed by atoms with E-state index in [0.717, 1.165) is 6.21 Å². The number of hydrogen-bond donors (Lipinski definition) is 6. The Morgan fingerprint density at radius 2 is 1.67 bits per heavy atom. The number of phenolic OH excluding ortho intramolecular Hbond substituents is 3. The number of benzene rings is 2. The largest absolute Gasteiger partial charge is 0.507 e. The molecule has 2 aromatic rings. The second-order valence-electron chi connectivity index (χ2n) is 14.7. The number of ether oxygens (including phenoxy) is 4. The highest BCUT2D eigenvalue weighted by atomic mass is 16.7. The number of nitrogens with one attached hydrogen (secondary N) is 1. The monoisotopic (exact) mass is 794 g/mol. The molecule has 3 heterocycles. The number of ketones is 1. The number of allylic oxidation sites excluding steroid dienone is 3. The number of Topliss-reactive ketones (excluding diaryl/α,β-unsaturated/α-hetero) is 1. The molecular weight excluding hydrogens is 740 g/mol. The van der Waals surface area contributed by atoms with E-state index in [9.17, 15) is 39.9 Å². The first-order valence-corrected chi connectivity index (χ1v) is 18.7. The van der Waals surface area contributed by atoms with Crippen LogP contribution in [0.3, 0.4) is 0 Å². The number of esters is 1. The molecule has 9 atom stereocenters. The van der Waals surface area contributed by atoms with E-state index in [1.54, 1.807) is 58.9 Å². The number of oxime groups is 1. The van der Waals surface area contributed by atoms with Crippen LogP contribution in [0.15, 0.2) is 53.4 Å². The maximum absolute atomic E-state index is 14.3. The molecule has 15 nitrogen and oxygen atoms in total. The number of phenols is 3. The van der Waals surface area contributed by atoms with Gasteiger partial charge in [0, 0.05) is 61.2 Å². The predicted octanol–water partition coefficient (Wildman–Crippen LogP) is 5.68. The molecule has 9 unspecified atom stereocenters. The van der Waals surface area contributed by atoms with Crippen LogP contribution in [0.1, 0.15) is 76.9 Å². The van der Waals surface area contributed by atoms with Crippen LogP contribution in [0.25, 0.3) is 10.8 Å². The van der Waals surface area contributed by atoms with Crippen molar-refractivity contribution in [2.45, 2.75) is 92.5 Å². The summed E-state index contributed by atoms with van der Waals surface area (Å²) in [6.07, 6.45) is 7.87. The van der Waals surface area contributed by atoms with E-state index >= 15 is 0 Å². The van der Waals surface area contributed by atoms with Crippen LogP contribution in [0.5, 0.6) is 23.0 Å². The number of nitrogens with zero attached hydrogens (tertiary/aromatic N) is 1. The number of carbonyl (C=O) groups is 3. The van der Waals surface area contributed by atoms with E-state index in [1.807, 2.05) is 0 Å². The van der Waals surface area contributed by atoms with Crippen LogP contribution >= 0.6 is 0 Å². The molecule has 0 radical (unpaired) electrons. The molecule has 0 saturated carbocycles. The molecule has 0 aliphatic carbocycles. The second-order valence-corrected chi connectivity index (χ2v) is 14.7. The fourth-order valence-electron chi connectivity index (χ4n) is 7.14. The number of aliphatic hydroxyl groups is 2. The first kappa shape index (κ1) is 44.3. The lowest BCUT2D eigenvalue weighted by Gasteiger charge is -2.38. The zero-order valence-electron chi connectivity index (χ0n) is 33.9. The van der Waals surface area contributed by atoms with Gasteiger partial charge in [0.2, 0.25) is 0 Å². The Morgan fingerprint density at radius 3 is 2.30 bits per heavy atom. The molecule has 5 bridgehead atoms. The van der Waals surface area contributed by atoms with Gasteiger partial charge in [-0.1, -0.05) is 57.2 Å². The highest BCUT2D eigenvalue weighted by Gasteiger charge is 2.50. The van der Waals surface area contributed by atoms with Crippen molar-refractivity contribution in [2.75, 3.05) is 19.0 Å². The standard InChI is InChI=1S/C42H54N2O13/c1-11-12-17-55-43-19-27-32-37(50)30-29(36(27)49)31-39(25(7)35(30)48)57-42(9,40(31)51)54-18-16-28(53-10)22(4)38(56-26(8)45)24(6)34(47)23(5)33(46)20(2)14-13-15-21(3)41(52)44-32/h11-16,18-20,22-24,28,33-34,38,46-50H,17H2,1-10H3,(H,44,52)/b12-11+,14-13+,18-16+,21-15+,43-19+. The molecule has 15 heteroatoms. The van der Waals surface area contributed by atoms with E-state index < -0.39 is 88.8 Å². The summed E-state index contributed by atoms with van der Waals surface area (Å²) in [4.78, 5) is 45.4. The molecule has 0 fully saturated rings. The van der Waals surface area contributed by atoms with Crippen molar-refractivity contribution in [1.82, 2.24) is 0 Å². The number of methoxy groups -OCH3 is 1. The van der Waals surface area contributed by atoms with Gasteiger partial charge < -0.3 is 54.6 Å². The Balaban J connectivity index is 1.97. The summed E-state index contributed by atoms with van der Waals surface area (Å²) >= 11 is 0. The van der Waals surface area contributed by atoms with Crippen LogP contribution in [0, 0.1) is 30.6 Å². The van der Waals surface area contributed by atoms with Crippen molar-refractivity contribution in [3.63, 3.8) is 0 Å². The zero-order valence-corrected chi connectivity index (χ0v) is 33.9. The Labute approximate surface area is 331 Å². The summed E-state index contributed by atoms with van der Waals surface area (Å²) in [6.45, 7) is 14.2. The van der Waals surface area contributed by atoms with Crippen LogP contribution in [-0.2, 0) is 28.6 Å². The first-order chi connectivity index (χ1) is 26.8. The number of carbonyl (C=O) groups excluding carboxylic acids is 3. The second kappa shape index (κ2) is 18.3. The lowest BCUT2D eigenvalue weighted by Crippen LogP contribution is -2.46. The Morgan fingerprint density at radius 1 is 0.982 bits per heavy atom. The minimum absolute atomic E-state index is 0.0302. The first-order valence-electron chi connectivity index (χ1n) is 18.7. The minimum atomic E-state index is -2.06. The molecule has 0 saturated heterocycles. The summed E-state index contributed by atoms with van der Waals surface area (Å²) in [5.41, 5.74) is -0.647. The van der Waals surface area contributed by atoms with Gasteiger partial charge in [0.1, 0.15) is 30.0 Å². The summed E-state index contributed by atoms with van der Waals surface area (Å²) in [5.74, 6) is -8.67. The number of hydrogen-bond acceptors (Lipinski definition) is 14. The van der Waals surface area contributed by atoms with Gasteiger partial charge in [0.15, 0.2) is 5.75 Å². The van der Waals surface area contributed by atoms with E-state index in [0.29, 0.717) is 0 Å². The quantitative estimate of drug-likeness (QED) is 0.0395. The normalized spacial score (nSPS) is 30.8. The molecule has 6 N–H and O–H groups in total. The van der Waals surface area contributed by atoms with Crippen LogP contribution in [0.2, 0.25) is 0 Å². The van der Waals surface area contributed by atoms with Crippen LogP contribution in [0.4, 0.5) is 5.69 Å². The molecule has 3 aliphatic rings. The van der Waals surface area contributed by atoms with Gasteiger partial charge in [-0.3, -0.25) is 14.4 Å². The molecule has 0 aromatic heterocycles. The van der Waals surface area contributed by atoms with E-state index in [1.165, 1.54) is 53.2 Å². The third-order valence-electron chi connectivity index (χ3n) is 10.7. The number of rotatable bonds is 6. The molecule has 1 amide bonds. The van der Waals surface area contributed by atoms with Gasteiger partial charge in [-0.05, 0) is 32.9 Å². The third kappa shape index (κ3) is 8.95. The highest BCUT2D eigenvalue weighted by Crippen LogP contribution is 2.55. The topological polar surface area (TPSA) is 223 Å². The van der Waals surface area contributed by atoms with E-state index in [2.05, 4.69) is 10.5 Å². The van der Waals surface area contributed by atoms with Gasteiger partial charge in [0.05, 0.1) is 53.0 Å². The Hall–Kier alpha value is -5.38. The third-order valence-corrected chi connectivity index (χ3v) is 10.7. The van der Waals surface area contributed by atoms with Crippen molar-refractivity contribution in [3.05, 3.63) is 65.0 Å². The molecule has 3 aliphatic heterocycles. The predicted molar refractivity (Wildman–Crippen MR) is 212 cm³/mol. The van der Waals surface area contributed by atoms with Crippen molar-refractivity contribution < 1.29 is 63.7 Å². The van der Waals surface area contributed by atoms with E-state index in [4.69, 9.17) is 23.8 Å². The Kier molecular flexibility index (Phi) is 14.2. The van der Waals surface area contributed by atoms with Gasteiger partial charge in [0.25, 0.3) is 11.7 Å². The number of fused-ring (bicyclic) bond motifs is 14. The van der Waals surface area contributed by atoms with Crippen molar-refractivity contribution in [3.8, 4) is 23.0 Å². The number of anilines is 1. The minimum Gasteiger partial charge on any atom is -0.507 e. The van der Waals surface area contributed by atoms with Gasteiger partial charge in [-0.25, -0.2) is 0 Å². The molecule has 5 rings (SSSR count). The summed E-state index contributed by atoms with van der Waals surface area (Å²) in [6, 6.07) is 0. The maximum Gasteiger partial charge on any atom is 0.312 e. The molecule has 0 spiro atoms. The molecule has 57 heavy (non-hydrogen) atoms. The maximum atomic E-state index is 14.3. The average molecular weight is 795 g/mol. The SMILES string of the molecule is C/C=C/CO/N=C/c1c2c(O)c3c(O)c(C)c4c(c3c1O)C(=O)C(C)(O/C=C/C(OC)C(C)C(OC(C)=O)C(C)C(O)C(C)C(O)C(C)/C=C/C=C(\C)C(=O)N2)O4. The van der Waals surface area contributed by atoms with Crippen molar-refractivity contribution in [1.29, 1.82) is 0 Å². The molecule has 310 valence electrons. The van der Waals surface area contributed by atoms with E-state index in [-0.39, 0.29) is 51.1 Å². The fraction of sp³-hybridized carbons (Fsp3) is 0.476. The lowest BCUT2D eigenvalue weighted by atomic mass is 9.78. The van der Waals surface area contributed by atoms with Crippen molar-refractivity contribution in [2.24, 2.45) is 28.8 Å². The number of amides is 1. The zero-order chi connectivity index (χ0) is 42.5. The van der Waals surface area contributed by atoms with Gasteiger partial charge in [-0.15, -0.1) is 0 Å². The van der Waals surface area contributed by atoms with Crippen LogP contribution < -0.4 is 10.1 Å². The van der Waals surface area contributed by atoms with Gasteiger partial charge >= 0.3 is 11.8 Å². The summed E-state index contributed by atoms with van der Waals surface area (Å²) < 4.78 is 23.4. The molecule has 2 aromatic carbocycles. The van der Waals surface area contributed by atoms with Crippen molar-refractivity contribution >= 4 is 40.3 Å². The number of aliphatic hydroxyl groups excluding tert-OH is 2. The Bertz CT molecular complexity index is 2020. The average Bonchev–Trinajstić information content (AvgIpc) is 3.43. The van der Waals surface area contributed by atoms with Crippen LogP contribution in [-0.4, -0.2) is 93.3 Å². The molecular formula is C42H54N2O13. The number of aromatic hydroxyl groups is 3. The summed E-state index contributed by atoms with van der Waals surface area (Å²) in [5, 5.41) is 63.7. The summed E-state index contributed by atoms with van der Waals surface area (Å²) in [7, 11) is 1.42. The highest BCUT2D eigenvalue weighted by molar-refractivity contribution is 6.23.